The van der Waals surface area contributed by atoms with Crippen LogP contribution in [0.25, 0.3) is 22.3 Å². The fraction of sp³-hybridized carbons (Fsp3) is 0.196. The van der Waals surface area contributed by atoms with Gasteiger partial charge in [-0.25, -0.2) is 9.36 Å². The molecule has 2 N–H and O–H groups in total. The van der Waals surface area contributed by atoms with Gasteiger partial charge in [0.1, 0.15) is 0 Å². The molecule has 1 atom stereocenters. The molecular formula is C46H40BrN7O4. The van der Waals surface area contributed by atoms with Gasteiger partial charge in [0.25, 0.3) is 11.8 Å². The van der Waals surface area contributed by atoms with Crippen molar-refractivity contribution in [1.29, 1.82) is 0 Å². The molecule has 7 aromatic rings. The summed E-state index contributed by atoms with van der Waals surface area (Å²) in [7, 11) is 0. The van der Waals surface area contributed by atoms with Crippen LogP contribution in [0.15, 0.2) is 123 Å². The number of rotatable bonds is 8. The average molecular weight is 835 g/mol. The Bertz CT molecular complexity index is 2890. The Balaban J connectivity index is 1.16. The highest BCUT2D eigenvalue weighted by atomic mass is 79.9. The molecule has 8 rings (SSSR count). The first-order valence-electron chi connectivity index (χ1n) is 19.2. The van der Waals surface area contributed by atoms with Gasteiger partial charge in [-0.2, -0.15) is 10.2 Å². The number of carbonyl (C=O) groups is 2. The maximum Gasteiger partial charge on any atom is 0.280 e. The summed E-state index contributed by atoms with van der Waals surface area (Å²) < 4.78 is 3.92. The number of halogens is 1. The van der Waals surface area contributed by atoms with Gasteiger partial charge in [-0.15, -0.1) is 0 Å². The van der Waals surface area contributed by atoms with E-state index < -0.39 is 22.7 Å². The molecule has 12 heteroatoms. The van der Waals surface area contributed by atoms with Gasteiger partial charge in [0.15, 0.2) is 11.4 Å². The molecule has 0 saturated carbocycles. The summed E-state index contributed by atoms with van der Waals surface area (Å²) in [5.41, 5.74) is 6.74. The summed E-state index contributed by atoms with van der Waals surface area (Å²) in [5, 5.41) is 15.9. The number of nitrogens with one attached hydrogen (secondary N) is 2. The van der Waals surface area contributed by atoms with Gasteiger partial charge in [-0.3, -0.25) is 24.2 Å². The molecule has 0 saturated heterocycles. The molecule has 11 nitrogen and oxygen atoms in total. The van der Waals surface area contributed by atoms with Crippen LogP contribution in [0, 0.1) is 13.8 Å². The number of anilines is 2. The van der Waals surface area contributed by atoms with Crippen LogP contribution in [0.5, 0.6) is 0 Å². The van der Waals surface area contributed by atoms with E-state index in [1.807, 2.05) is 111 Å². The fourth-order valence-electron chi connectivity index (χ4n) is 7.77. The number of fused-ring (bicyclic) bond motifs is 2. The zero-order chi connectivity index (χ0) is 40.7. The Hall–Kier alpha value is -6.53. The molecule has 58 heavy (non-hydrogen) atoms. The van der Waals surface area contributed by atoms with Gasteiger partial charge >= 0.3 is 0 Å². The lowest BCUT2D eigenvalue weighted by molar-refractivity contribution is 0.101. The quantitative estimate of drug-likeness (QED) is 0.156. The van der Waals surface area contributed by atoms with Gasteiger partial charge in [0.05, 0.1) is 34.0 Å². The Morgan fingerprint density at radius 2 is 1.33 bits per heavy atom. The van der Waals surface area contributed by atoms with Crippen molar-refractivity contribution in [1.82, 2.24) is 24.5 Å². The minimum atomic E-state index is -0.601. The van der Waals surface area contributed by atoms with Crippen LogP contribution in [-0.4, -0.2) is 36.4 Å². The van der Waals surface area contributed by atoms with Crippen molar-refractivity contribution >= 4 is 50.0 Å². The molecule has 0 spiro atoms. The summed E-state index contributed by atoms with van der Waals surface area (Å²) in [4.78, 5) is 59.3. The normalized spacial score (nSPS) is 13.7. The molecule has 0 radical (unpaired) electrons. The molecule has 1 unspecified atom stereocenters. The van der Waals surface area contributed by atoms with Crippen molar-refractivity contribution < 1.29 is 9.59 Å². The molecule has 3 aromatic heterocycles. The molecule has 290 valence electrons. The highest BCUT2D eigenvalue weighted by Gasteiger charge is 2.29. The van der Waals surface area contributed by atoms with E-state index in [9.17, 15) is 19.2 Å². The van der Waals surface area contributed by atoms with Gasteiger partial charge in [-0.05, 0) is 108 Å². The Morgan fingerprint density at radius 3 is 2.02 bits per heavy atom. The number of benzene rings is 4. The van der Waals surface area contributed by atoms with E-state index in [1.54, 1.807) is 23.2 Å². The SMILES string of the molecule is Cc1cc(=O)c(C(=O)Nc2c(Br)cccc2C(C)C)nn1-c1cccc(C2CCCc3c2nc2ccccc2c3NC(=O)c2nn(-c3ccccc3)c(C)cc2=O)c1. The summed E-state index contributed by atoms with van der Waals surface area (Å²) in [6, 6.07) is 33.4. The number of carbonyl (C=O) groups excluding carboxylic acids is 2. The third kappa shape index (κ3) is 7.27. The standard InChI is InChI=1S/C46H40BrN7O4/c1-26(2)32-18-12-21-36(47)42(32)50-46(58)44-39(56)24-28(4)54(52-44)31-16-10-13-29(25-31)33-19-11-20-35-40(33)48-37-22-9-8-17-34(37)41(35)49-45(57)43-38(55)23-27(3)53(51-43)30-14-6-5-7-15-30/h5-10,12-18,21-26,33H,11,19-20H2,1-4H3,(H,50,58)(H,48,49,57). The van der Waals surface area contributed by atoms with Crippen molar-refractivity contribution in [2.45, 2.75) is 58.8 Å². The number of amides is 2. The van der Waals surface area contributed by atoms with E-state index in [-0.39, 0.29) is 23.2 Å². The second kappa shape index (κ2) is 15.8. The van der Waals surface area contributed by atoms with E-state index in [0.29, 0.717) is 44.9 Å². The number of aromatic nitrogens is 5. The highest BCUT2D eigenvalue weighted by molar-refractivity contribution is 9.10. The lowest BCUT2D eigenvalue weighted by Gasteiger charge is -2.28. The van der Waals surface area contributed by atoms with Crippen LogP contribution in [0.2, 0.25) is 0 Å². The van der Waals surface area contributed by atoms with Crippen LogP contribution in [0.3, 0.4) is 0 Å². The van der Waals surface area contributed by atoms with E-state index in [0.717, 1.165) is 46.3 Å². The molecule has 2 amide bonds. The minimum Gasteiger partial charge on any atom is -0.320 e. The fourth-order valence-corrected chi connectivity index (χ4v) is 8.25. The topological polar surface area (TPSA) is 141 Å². The first-order valence-corrected chi connectivity index (χ1v) is 20.0. The van der Waals surface area contributed by atoms with Gasteiger partial charge in [0, 0.05) is 39.3 Å². The summed E-state index contributed by atoms with van der Waals surface area (Å²) in [6.07, 6.45) is 2.29. The predicted octanol–water partition coefficient (Wildman–Crippen LogP) is 8.80. The van der Waals surface area contributed by atoms with Crippen LogP contribution in [0.4, 0.5) is 11.4 Å². The van der Waals surface area contributed by atoms with Crippen molar-refractivity contribution in [2.75, 3.05) is 10.6 Å². The zero-order valence-corrected chi connectivity index (χ0v) is 34.0. The predicted molar refractivity (Wildman–Crippen MR) is 230 cm³/mol. The molecule has 3 heterocycles. The third-order valence-electron chi connectivity index (χ3n) is 10.6. The lowest BCUT2D eigenvalue weighted by Crippen LogP contribution is -2.28. The molecule has 0 aliphatic heterocycles. The molecule has 1 aliphatic rings. The van der Waals surface area contributed by atoms with Crippen LogP contribution < -0.4 is 21.5 Å². The second-order valence-electron chi connectivity index (χ2n) is 14.8. The smallest absolute Gasteiger partial charge is 0.280 e. The lowest BCUT2D eigenvalue weighted by atomic mass is 9.80. The number of para-hydroxylation sites is 3. The Labute approximate surface area is 342 Å². The Morgan fingerprint density at radius 1 is 0.724 bits per heavy atom. The summed E-state index contributed by atoms with van der Waals surface area (Å²) in [6.45, 7) is 7.63. The average Bonchev–Trinajstić information content (AvgIpc) is 3.21. The molecule has 0 bridgehead atoms. The van der Waals surface area contributed by atoms with Crippen LogP contribution in [-0.2, 0) is 6.42 Å². The monoisotopic (exact) mass is 833 g/mol. The first-order chi connectivity index (χ1) is 28.0. The molecule has 0 fully saturated rings. The van der Waals surface area contributed by atoms with E-state index >= 15 is 0 Å². The van der Waals surface area contributed by atoms with Gasteiger partial charge in [-0.1, -0.05) is 74.5 Å². The third-order valence-corrected chi connectivity index (χ3v) is 11.2. The maximum absolute atomic E-state index is 14.0. The minimum absolute atomic E-state index is 0.131. The number of hydrogen-bond acceptors (Lipinski definition) is 7. The second-order valence-corrected chi connectivity index (χ2v) is 15.7. The number of nitrogens with zero attached hydrogens (tertiary/aromatic N) is 5. The maximum atomic E-state index is 14.0. The van der Waals surface area contributed by atoms with Gasteiger partial charge in [0.2, 0.25) is 10.9 Å². The van der Waals surface area contributed by atoms with Crippen LogP contribution >= 0.6 is 15.9 Å². The van der Waals surface area contributed by atoms with Crippen molar-refractivity contribution in [3.8, 4) is 11.4 Å². The summed E-state index contributed by atoms with van der Waals surface area (Å²) in [5.74, 6) is -1.22. The largest absolute Gasteiger partial charge is 0.320 e. The first kappa shape index (κ1) is 38.3. The van der Waals surface area contributed by atoms with E-state index in [1.165, 1.54) is 12.1 Å². The van der Waals surface area contributed by atoms with Crippen molar-refractivity contribution in [3.05, 3.63) is 179 Å². The van der Waals surface area contributed by atoms with Crippen molar-refractivity contribution in [3.63, 3.8) is 0 Å². The number of hydrogen-bond donors (Lipinski definition) is 2. The van der Waals surface area contributed by atoms with E-state index in [4.69, 9.17) is 4.98 Å². The Kier molecular flexibility index (Phi) is 10.4. The number of pyridine rings is 1. The molecule has 1 aliphatic carbocycles. The van der Waals surface area contributed by atoms with E-state index in [2.05, 4.69) is 36.8 Å². The van der Waals surface area contributed by atoms with Crippen molar-refractivity contribution in [2.24, 2.45) is 0 Å². The highest BCUT2D eigenvalue weighted by Crippen LogP contribution is 2.42. The van der Waals surface area contributed by atoms with Crippen LogP contribution in [0.1, 0.15) is 93.3 Å². The number of aryl methyl sites for hydroxylation is 2. The van der Waals surface area contributed by atoms with Gasteiger partial charge < -0.3 is 10.6 Å². The molecular weight excluding hydrogens is 794 g/mol. The summed E-state index contributed by atoms with van der Waals surface area (Å²) >= 11 is 3.55. The molecule has 4 aromatic carbocycles. The zero-order valence-electron chi connectivity index (χ0n) is 32.4.